The lowest BCUT2D eigenvalue weighted by Gasteiger charge is -2.36. The molecule has 3 fully saturated rings. The van der Waals surface area contributed by atoms with E-state index in [1.807, 2.05) is 82.6 Å². The fraction of sp³-hybridized carbons (Fsp3) is 0.460. The molecule has 1 aromatic carbocycles. The van der Waals surface area contributed by atoms with Crippen molar-refractivity contribution in [3.63, 3.8) is 0 Å². The number of nitrogens with zero attached hydrogens (tertiary/aromatic N) is 8. The van der Waals surface area contributed by atoms with Crippen LogP contribution in [0.3, 0.4) is 0 Å². The number of carbonyl (C=O) groups is 2. The Kier molecular flexibility index (Phi) is 14.1. The average molecular weight is 916 g/mol. The zero-order valence-corrected chi connectivity index (χ0v) is 39.2. The number of anilines is 3. The maximum Gasteiger partial charge on any atom is 0.266 e. The lowest BCUT2D eigenvalue weighted by molar-refractivity contribution is -0.142. The van der Waals surface area contributed by atoms with Gasteiger partial charge in [0.05, 0.1) is 57.7 Å². The maximum atomic E-state index is 14.4. The van der Waals surface area contributed by atoms with Crippen molar-refractivity contribution in [2.24, 2.45) is 5.41 Å². The molecule has 3 atom stereocenters. The SMILES string of the molecule is Cc1ncsc1-c1ccc(C(C)NC(=O)C2CCCN2C(=O)C(NCc2cccc(CN3CCC(c4cc(Nc5cc(C#N)ccn5)nc(N5CCC(F)(F)C5)c4)CC3)n2)C(C)(C)C)cc1. The van der Waals surface area contributed by atoms with E-state index in [2.05, 4.69) is 49.0 Å². The predicted octanol–water partition coefficient (Wildman–Crippen LogP) is 8.52. The van der Waals surface area contributed by atoms with Gasteiger partial charge in [0.25, 0.3) is 5.92 Å². The summed E-state index contributed by atoms with van der Waals surface area (Å²) in [7, 11) is 0. The number of hydrogen-bond donors (Lipinski definition) is 3. The van der Waals surface area contributed by atoms with E-state index in [1.54, 1.807) is 39.5 Å². The molecule has 0 bridgehead atoms. The third kappa shape index (κ3) is 11.2. The van der Waals surface area contributed by atoms with Crippen molar-refractivity contribution >= 4 is 40.6 Å². The number of benzene rings is 1. The van der Waals surface area contributed by atoms with Crippen molar-refractivity contribution in [1.29, 1.82) is 5.26 Å². The smallest absolute Gasteiger partial charge is 0.266 e. The van der Waals surface area contributed by atoms with Gasteiger partial charge in [0, 0.05) is 38.8 Å². The highest BCUT2D eigenvalue weighted by atomic mass is 32.1. The third-order valence-corrected chi connectivity index (χ3v) is 14.0. The van der Waals surface area contributed by atoms with Crippen LogP contribution in [-0.2, 0) is 22.7 Å². The molecule has 2 amide bonds. The van der Waals surface area contributed by atoms with Gasteiger partial charge in [-0.15, -0.1) is 11.3 Å². The molecule has 66 heavy (non-hydrogen) atoms. The summed E-state index contributed by atoms with van der Waals surface area (Å²) in [5.74, 6) is -1.31. The Morgan fingerprint density at radius 2 is 1.73 bits per heavy atom. The highest BCUT2D eigenvalue weighted by Crippen LogP contribution is 2.36. The first-order valence-corrected chi connectivity index (χ1v) is 23.8. The molecule has 0 spiro atoms. The summed E-state index contributed by atoms with van der Waals surface area (Å²) in [6, 6.07) is 22.2. The summed E-state index contributed by atoms with van der Waals surface area (Å²) in [6.45, 7) is 13.2. The molecule has 8 rings (SSSR count). The van der Waals surface area contributed by atoms with Gasteiger partial charge in [-0.05, 0) is 117 Å². The monoisotopic (exact) mass is 915 g/mol. The Hall–Kier alpha value is -5.89. The van der Waals surface area contributed by atoms with Gasteiger partial charge in [0.2, 0.25) is 11.8 Å². The van der Waals surface area contributed by atoms with Crippen molar-refractivity contribution in [1.82, 2.24) is 40.4 Å². The van der Waals surface area contributed by atoms with E-state index in [0.29, 0.717) is 49.1 Å². The quantitative estimate of drug-likeness (QED) is 0.0982. The number of hydrogen-bond acceptors (Lipinski definition) is 12. The molecular formula is C50H59F2N11O2S. The number of piperidine rings is 1. The van der Waals surface area contributed by atoms with E-state index >= 15 is 0 Å². The highest BCUT2D eigenvalue weighted by molar-refractivity contribution is 7.13. The minimum Gasteiger partial charge on any atom is -0.350 e. The largest absolute Gasteiger partial charge is 0.350 e. The Balaban J connectivity index is 0.867. The summed E-state index contributed by atoms with van der Waals surface area (Å²) < 4.78 is 28.6. The number of halogens is 2. The molecule has 3 unspecified atom stereocenters. The van der Waals surface area contributed by atoms with Gasteiger partial charge in [-0.2, -0.15) is 5.26 Å². The van der Waals surface area contributed by atoms with Crippen LogP contribution in [0.15, 0.2) is 78.4 Å². The van der Waals surface area contributed by atoms with Crippen molar-refractivity contribution in [2.45, 2.75) is 110 Å². The number of aromatic nitrogens is 4. The van der Waals surface area contributed by atoms with Crippen molar-refractivity contribution in [3.05, 3.63) is 112 Å². The zero-order valence-electron chi connectivity index (χ0n) is 38.4. The van der Waals surface area contributed by atoms with Crippen molar-refractivity contribution in [2.75, 3.05) is 42.9 Å². The van der Waals surface area contributed by atoms with Gasteiger partial charge >= 0.3 is 0 Å². The number of amides is 2. The molecule has 3 N–H and O–H groups in total. The second-order valence-electron chi connectivity index (χ2n) is 19.0. The Morgan fingerprint density at radius 3 is 2.42 bits per heavy atom. The van der Waals surface area contributed by atoms with E-state index in [4.69, 9.17) is 9.97 Å². The summed E-state index contributed by atoms with van der Waals surface area (Å²) in [4.78, 5) is 53.5. The fourth-order valence-corrected chi connectivity index (χ4v) is 10.1. The molecule has 3 aliphatic heterocycles. The molecular weight excluding hydrogens is 857 g/mol. The van der Waals surface area contributed by atoms with Crippen LogP contribution >= 0.6 is 11.3 Å². The number of likely N-dealkylation sites (tertiary alicyclic amines) is 2. The van der Waals surface area contributed by atoms with Crippen LogP contribution in [0.1, 0.15) is 106 Å². The minimum absolute atomic E-state index is 0.0800. The van der Waals surface area contributed by atoms with Crippen molar-refractivity contribution < 1.29 is 18.4 Å². The van der Waals surface area contributed by atoms with Crippen LogP contribution in [0.4, 0.5) is 26.2 Å². The molecule has 3 saturated heterocycles. The molecule has 0 aliphatic carbocycles. The van der Waals surface area contributed by atoms with Crippen LogP contribution in [0.2, 0.25) is 0 Å². The van der Waals surface area contributed by atoms with Gasteiger partial charge < -0.3 is 20.4 Å². The van der Waals surface area contributed by atoms with Crippen LogP contribution in [0.5, 0.6) is 0 Å². The number of rotatable bonds is 14. The molecule has 3 aliphatic rings. The minimum atomic E-state index is -2.76. The van der Waals surface area contributed by atoms with Crippen LogP contribution < -0.4 is 20.9 Å². The topological polar surface area (TPSA) is 155 Å². The first kappa shape index (κ1) is 46.6. The first-order valence-electron chi connectivity index (χ1n) is 22.9. The first-order chi connectivity index (χ1) is 31.6. The fourth-order valence-electron chi connectivity index (χ4n) is 9.33. The molecule has 7 heterocycles. The molecule has 0 radical (unpaired) electrons. The van der Waals surface area contributed by atoms with E-state index in [-0.39, 0.29) is 43.3 Å². The Morgan fingerprint density at radius 1 is 0.955 bits per heavy atom. The van der Waals surface area contributed by atoms with E-state index < -0.39 is 23.4 Å². The predicted molar refractivity (Wildman–Crippen MR) is 253 cm³/mol. The third-order valence-electron chi connectivity index (χ3n) is 13.0. The molecule has 16 heteroatoms. The van der Waals surface area contributed by atoms with Crippen LogP contribution in [0, 0.1) is 23.7 Å². The molecule has 5 aromatic rings. The number of pyridine rings is 3. The lowest BCUT2D eigenvalue weighted by atomic mass is 9.85. The Labute approximate surface area is 390 Å². The molecule has 346 valence electrons. The van der Waals surface area contributed by atoms with Gasteiger partial charge in [-0.25, -0.2) is 23.7 Å². The summed E-state index contributed by atoms with van der Waals surface area (Å²) in [5, 5.41) is 19.3. The van der Waals surface area contributed by atoms with Gasteiger partial charge in [-0.1, -0.05) is 51.1 Å². The van der Waals surface area contributed by atoms with Gasteiger partial charge in [0.1, 0.15) is 23.5 Å². The van der Waals surface area contributed by atoms with Crippen molar-refractivity contribution in [3.8, 4) is 16.5 Å². The van der Waals surface area contributed by atoms with Crippen LogP contribution in [0.25, 0.3) is 10.4 Å². The van der Waals surface area contributed by atoms with Crippen LogP contribution in [-0.4, -0.2) is 92.3 Å². The molecule has 0 saturated carbocycles. The van der Waals surface area contributed by atoms with Gasteiger partial charge in [0.15, 0.2) is 0 Å². The number of aryl methyl sites for hydroxylation is 1. The molecule has 4 aromatic heterocycles. The number of nitrogens with one attached hydrogen (secondary N) is 3. The standard InChI is InChI=1S/C50H59F2N11O2S/c1-32(35-11-13-37(14-12-35)45-33(2)56-31-66-45)57-47(64)41-10-7-20-63(41)48(65)46(49(3,4)5)55-28-39-8-6-9-40(58-39)29-61-21-16-36(17-22-61)38-25-43(59-42-24-34(27-53)15-19-54-42)60-44(26-38)62-23-18-50(51,52)30-62/h6,8-9,11-15,19,24-26,31-32,36,41,46,55H,7,10,16-18,20-23,28-30H2,1-5H3,(H,57,64)(H,54,59,60). The van der Waals surface area contributed by atoms with E-state index in [1.165, 1.54) is 0 Å². The van der Waals surface area contributed by atoms with Gasteiger partial charge in [-0.3, -0.25) is 24.8 Å². The molecule has 13 nitrogen and oxygen atoms in total. The highest BCUT2D eigenvalue weighted by Gasteiger charge is 2.42. The second-order valence-corrected chi connectivity index (χ2v) is 19.9. The average Bonchev–Trinajstić information content (AvgIpc) is 4.06. The normalized spacial score (nSPS) is 18.8. The Bertz CT molecular complexity index is 2550. The number of nitriles is 1. The zero-order chi connectivity index (χ0) is 46.6. The van der Waals surface area contributed by atoms with E-state index in [9.17, 15) is 23.6 Å². The number of thiazole rings is 1. The lowest BCUT2D eigenvalue weighted by Crippen LogP contribution is -2.56. The number of carbonyl (C=O) groups excluding carboxylic acids is 2. The summed E-state index contributed by atoms with van der Waals surface area (Å²) in [5.41, 5.74) is 7.76. The second kappa shape index (κ2) is 19.9. The number of alkyl halides is 2. The summed E-state index contributed by atoms with van der Waals surface area (Å²) in [6.07, 6.45) is 4.45. The maximum absolute atomic E-state index is 14.4. The summed E-state index contributed by atoms with van der Waals surface area (Å²) >= 11 is 1.61. The van der Waals surface area contributed by atoms with E-state index in [0.717, 1.165) is 71.0 Å².